The number of rotatable bonds is 2. The lowest BCUT2D eigenvalue weighted by atomic mass is 9.96. The third-order valence-corrected chi connectivity index (χ3v) is 3.00. The van der Waals surface area contributed by atoms with Gasteiger partial charge in [0.2, 0.25) is 0 Å². The second-order valence-corrected chi connectivity index (χ2v) is 5.79. The van der Waals surface area contributed by atoms with E-state index in [1.807, 2.05) is 27.8 Å². The van der Waals surface area contributed by atoms with Crippen LogP contribution in [0.1, 0.15) is 46.5 Å². The van der Waals surface area contributed by atoms with Crippen molar-refractivity contribution in [1.82, 2.24) is 10.6 Å². The minimum atomic E-state index is -0.444. The number of allylic oxidation sites excluding steroid dienone is 1. The highest BCUT2D eigenvalue weighted by molar-refractivity contribution is 5.68. The molecule has 0 spiro atoms. The summed E-state index contributed by atoms with van der Waals surface area (Å²) < 4.78 is 5.31. The van der Waals surface area contributed by atoms with Crippen LogP contribution >= 0.6 is 0 Å². The van der Waals surface area contributed by atoms with Gasteiger partial charge in [-0.15, -0.1) is 0 Å². The average molecular weight is 254 g/mol. The number of carbonyl (C=O) groups is 1. The lowest BCUT2D eigenvalue weighted by Gasteiger charge is -2.29. The van der Waals surface area contributed by atoms with Crippen LogP contribution in [0.15, 0.2) is 12.2 Å². The number of ether oxygens (including phenoxy) is 1. The van der Waals surface area contributed by atoms with Crippen LogP contribution < -0.4 is 10.6 Å². The Morgan fingerprint density at radius 1 is 1.28 bits per heavy atom. The Kier molecular flexibility index (Phi) is 5.66. The molecule has 0 bridgehead atoms. The minimum Gasteiger partial charge on any atom is -0.444 e. The molecule has 1 rings (SSSR count). The Balaban J connectivity index is 2.55. The Bertz CT molecular complexity index is 295. The Hall–Kier alpha value is -1.03. The summed E-state index contributed by atoms with van der Waals surface area (Å²) in [6, 6.07) is 0.406. The molecule has 1 aliphatic carbocycles. The zero-order chi connectivity index (χ0) is 13.6. The molecule has 1 aliphatic rings. The second-order valence-electron chi connectivity index (χ2n) is 5.79. The maximum atomic E-state index is 11.8. The summed E-state index contributed by atoms with van der Waals surface area (Å²) in [5.41, 5.74) is -0.444. The average Bonchev–Trinajstić information content (AvgIpc) is 2.20. The zero-order valence-corrected chi connectivity index (χ0v) is 12.0. The molecule has 0 aromatic rings. The first-order chi connectivity index (χ1) is 8.42. The predicted octanol–water partition coefficient (Wildman–Crippen LogP) is 2.60. The molecule has 4 nitrogen and oxygen atoms in total. The van der Waals surface area contributed by atoms with Gasteiger partial charge in [0.05, 0.1) is 0 Å². The fourth-order valence-corrected chi connectivity index (χ4v) is 2.13. The standard InChI is InChI=1S/C14H26N2O2/c1-14(2,3)18-13(17)16-12-10-8-6-5-7-9-11(12)15-4/h5,7,11-12,15H,6,8-10H2,1-4H3,(H,16,17)/b7-5+/t11-,12+/m0/s1. The number of likely N-dealkylation sites (N-methyl/N-ethyl adjacent to an activating group) is 1. The van der Waals surface area contributed by atoms with Crippen LogP contribution in [-0.4, -0.2) is 30.8 Å². The molecule has 0 heterocycles. The fourth-order valence-electron chi connectivity index (χ4n) is 2.13. The van der Waals surface area contributed by atoms with Gasteiger partial charge in [-0.1, -0.05) is 12.2 Å². The molecule has 0 saturated carbocycles. The van der Waals surface area contributed by atoms with Crippen LogP contribution in [0.4, 0.5) is 4.79 Å². The summed E-state index contributed by atoms with van der Waals surface area (Å²) in [6.07, 6.45) is 8.18. The maximum Gasteiger partial charge on any atom is 0.407 e. The minimum absolute atomic E-state index is 0.134. The molecule has 0 aliphatic heterocycles. The lowest BCUT2D eigenvalue weighted by Crippen LogP contribution is -2.50. The summed E-state index contributed by atoms with van der Waals surface area (Å²) in [5, 5.41) is 6.26. The first-order valence-electron chi connectivity index (χ1n) is 6.74. The van der Waals surface area contributed by atoms with Crippen LogP contribution in [0.2, 0.25) is 0 Å². The normalized spacial score (nSPS) is 26.9. The van der Waals surface area contributed by atoms with Gasteiger partial charge in [0, 0.05) is 12.1 Å². The molecule has 104 valence electrons. The number of carbonyl (C=O) groups excluding carboxylic acids is 1. The Morgan fingerprint density at radius 2 is 2.00 bits per heavy atom. The van der Waals surface area contributed by atoms with Gasteiger partial charge in [0.1, 0.15) is 5.60 Å². The highest BCUT2D eigenvalue weighted by Crippen LogP contribution is 2.14. The summed E-state index contributed by atoms with van der Waals surface area (Å²) >= 11 is 0. The molecular weight excluding hydrogens is 228 g/mol. The highest BCUT2D eigenvalue weighted by atomic mass is 16.6. The maximum absolute atomic E-state index is 11.8. The molecule has 0 radical (unpaired) electrons. The molecule has 2 N–H and O–H groups in total. The van der Waals surface area contributed by atoms with Gasteiger partial charge in [-0.2, -0.15) is 0 Å². The fraction of sp³-hybridized carbons (Fsp3) is 0.786. The van der Waals surface area contributed by atoms with E-state index in [9.17, 15) is 4.79 Å². The van der Waals surface area contributed by atoms with Crippen molar-refractivity contribution in [2.45, 2.75) is 64.1 Å². The van der Waals surface area contributed by atoms with Gasteiger partial charge in [0.25, 0.3) is 0 Å². The molecule has 2 atom stereocenters. The Morgan fingerprint density at radius 3 is 2.61 bits per heavy atom. The van der Waals surface area contributed by atoms with E-state index in [1.54, 1.807) is 0 Å². The number of hydrogen-bond donors (Lipinski definition) is 2. The van der Waals surface area contributed by atoms with E-state index in [0.29, 0.717) is 0 Å². The molecule has 0 unspecified atom stereocenters. The van der Waals surface area contributed by atoms with Crippen molar-refractivity contribution < 1.29 is 9.53 Å². The SMILES string of the molecule is CN[C@H]1C/C=C/CCC[C@H]1NC(=O)OC(C)(C)C. The lowest BCUT2D eigenvalue weighted by molar-refractivity contribution is 0.0489. The topological polar surface area (TPSA) is 50.4 Å². The van der Waals surface area contributed by atoms with Crippen LogP contribution in [0.3, 0.4) is 0 Å². The van der Waals surface area contributed by atoms with E-state index in [2.05, 4.69) is 22.8 Å². The van der Waals surface area contributed by atoms with Crippen molar-refractivity contribution >= 4 is 6.09 Å². The molecular formula is C14H26N2O2. The molecule has 0 aromatic heterocycles. The van der Waals surface area contributed by atoms with E-state index in [0.717, 1.165) is 25.7 Å². The van der Waals surface area contributed by atoms with Crippen molar-refractivity contribution in [3.63, 3.8) is 0 Å². The molecule has 18 heavy (non-hydrogen) atoms. The largest absolute Gasteiger partial charge is 0.444 e. The van der Waals surface area contributed by atoms with Crippen LogP contribution in [-0.2, 0) is 4.74 Å². The van der Waals surface area contributed by atoms with Crippen molar-refractivity contribution in [3.05, 3.63) is 12.2 Å². The molecule has 0 saturated heterocycles. The first-order valence-corrected chi connectivity index (χ1v) is 6.74. The van der Waals surface area contributed by atoms with Crippen LogP contribution in [0.5, 0.6) is 0 Å². The summed E-state index contributed by atoms with van der Waals surface area (Å²) in [5.74, 6) is 0. The van der Waals surface area contributed by atoms with E-state index in [4.69, 9.17) is 4.74 Å². The number of amides is 1. The monoisotopic (exact) mass is 254 g/mol. The molecule has 0 fully saturated rings. The van der Waals surface area contributed by atoms with Crippen molar-refractivity contribution in [3.8, 4) is 0 Å². The summed E-state index contributed by atoms with van der Waals surface area (Å²) in [6.45, 7) is 5.63. The van der Waals surface area contributed by atoms with Gasteiger partial charge >= 0.3 is 6.09 Å². The van der Waals surface area contributed by atoms with Crippen molar-refractivity contribution in [2.75, 3.05) is 7.05 Å². The van der Waals surface area contributed by atoms with Gasteiger partial charge in [-0.25, -0.2) is 4.79 Å². The van der Waals surface area contributed by atoms with E-state index < -0.39 is 5.60 Å². The van der Waals surface area contributed by atoms with Crippen LogP contribution in [0.25, 0.3) is 0 Å². The van der Waals surface area contributed by atoms with Crippen LogP contribution in [0, 0.1) is 0 Å². The van der Waals surface area contributed by atoms with E-state index in [-0.39, 0.29) is 18.2 Å². The summed E-state index contributed by atoms with van der Waals surface area (Å²) in [7, 11) is 1.93. The molecule has 1 amide bonds. The number of alkyl carbamates (subject to hydrolysis) is 1. The van der Waals surface area contributed by atoms with Crippen molar-refractivity contribution in [1.29, 1.82) is 0 Å². The third kappa shape index (κ3) is 5.54. The van der Waals surface area contributed by atoms with Gasteiger partial charge in [-0.05, 0) is 53.5 Å². The van der Waals surface area contributed by atoms with E-state index in [1.165, 1.54) is 0 Å². The second kappa shape index (κ2) is 6.78. The number of hydrogen-bond acceptors (Lipinski definition) is 3. The predicted molar refractivity (Wildman–Crippen MR) is 73.6 cm³/mol. The van der Waals surface area contributed by atoms with Gasteiger partial charge < -0.3 is 15.4 Å². The van der Waals surface area contributed by atoms with Gasteiger partial charge in [-0.3, -0.25) is 0 Å². The quantitative estimate of drug-likeness (QED) is 0.745. The Labute approximate surface area is 110 Å². The first kappa shape index (κ1) is 15.0. The molecule has 4 heteroatoms. The number of nitrogens with one attached hydrogen (secondary N) is 2. The van der Waals surface area contributed by atoms with Gasteiger partial charge in [0.15, 0.2) is 0 Å². The zero-order valence-electron chi connectivity index (χ0n) is 12.0. The highest BCUT2D eigenvalue weighted by Gasteiger charge is 2.24. The van der Waals surface area contributed by atoms with Crippen molar-refractivity contribution in [2.24, 2.45) is 0 Å². The smallest absolute Gasteiger partial charge is 0.407 e. The third-order valence-electron chi connectivity index (χ3n) is 3.00. The summed E-state index contributed by atoms with van der Waals surface area (Å²) in [4.78, 5) is 11.8. The molecule has 0 aromatic carbocycles. The van der Waals surface area contributed by atoms with E-state index >= 15 is 0 Å².